The highest BCUT2D eigenvalue weighted by Crippen LogP contribution is 2.33. The first-order valence-electron chi connectivity index (χ1n) is 5.02. The van der Waals surface area contributed by atoms with Gasteiger partial charge in [0.2, 0.25) is 0 Å². The molecule has 14 heavy (non-hydrogen) atoms. The fourth-order valence-corrected chi connectivity index (χ4v) is 2.27. The molecule has 0 bridgehead atoms. The van der Waals surface area contributed by atoms with Gasteiger partial charge in [-0.1, -0.05) is 24.3 Å². The maximum absolute atomic E-state index is 4.31. The number of fused-ring (bicyclic) bond motifs is 1. The van der Waals surface area contributed by atoms with E-state index in [-0.39, 0.29) is 0 Å². The number of nitrogens with zero attached hydrogens (tertiary/aromatic N) is 2. The number of rotatable bonds is 1. The summed E-state index contributed by atoms with van der Waals surface area (Å²) in [7, 11) is 0. The van der Waals surface area contributed by atoms with Gasteiger partial charge in [0.15, 0.2) is 0 Å². The molecule has 1 aromatic heterocycles. The average molecular weight is 184 g/mol. The van der Waals surface area contributed by atoms with Crippen molar-refractivity contribution in [2.24, 2.45) is 0 Å². The number of hydrogen-bond acceptors (Lipinski definition) is 1. The van der Waals surface area contributed by atoms with E-state index in [4.69, 9.17) is 0 Å². The molecular weight excluding hydrogens is 172 g/mol. The van der Waals surface area contributed by atoms with E-state index in [1.54, 1.807) is 0 Å². The molecule has 1 unspecified atom stereocenters. The van der Waals surface area contributed by atoms with Gasteiger partial charge >= 0.3 is 0 Å². The Labute approximate surface area is 83.2 Å². The van der Waals surface area contributed by atoms with Crippen LogP contribution in [-0.2, 0) is 6.42 Å². The first-order chi connectivity index (χ1) is 6.95. The van der Waals surface area contributed by atoms with Crippen molar-refractivity contribution in [3.8, 4) is 0 Å². The lowest BCUT2D eigenvalue weighted by atomic mass is 10.1. The maximum atomic E-state index is 4.31. The SMILES string of the molecule is c1ccc2c(c1)CCC2n1cccn1. The van der Waals surface area contributed by atoms with Crippen LogP contribution in [0, 0.1) is 0 Å². The molecule has 2 aromatic rings. The second-order valence-corrected chi connectivity index (χ2v) is 3.74. The van der Waals surface area contributed by atoms with Gasteiger partial charge in [-0.3, -0.25) is 4.68 Å². The monoisotopic (exact) mass is 184 g/mol. The molecular formula is C12H12N2. The molecule has 2 nitrogen and oxygen atoms in total. The zero-order valence-electron chi connectivity index (χ0n) is 7.93. The van der Waals surface area contributed by atoms with Crippen LogP contribution in [0.1, 0.15) is 23.6 Å². The van der Waals surface area contributed by atoms with Gasteiger partial charge in [-0.2, -0.15) is 5.10 Å². The van der Waals surface area contributed by atoms with Gasteiger partial charge in [0.1, 0.15) is 0 Å². The van der Waals surface area contributed by atoms with Gasteiger partial charge in [-0.15, -0.1) is 0 Å². The van der Waals surface area contributed by atoms with Crippen LogP contribution < -0.4 is 0 Å². The predicted molar refractivity (Wildman–Crippen MR) is 55.1 cm³/mol. The summed E-state index contributed by atoms with van der Waals surface area (Å²) in [5, 5.41) is 4.31. The highest BCUT2D eigenvalue weighted by atomic mass is 15.3. The standard InChI is InChI=1S/C12H12N2/c1-2-5-11-10(4-1)6-7-12(11)14-9-3-8-13-14/h1-5,8-9,12H,6-7H2. The molecule has 0 N–H and O–H groups in total. The van der Waals surface area contributed by atoms with Crippen LogP contribution in [0.3, 0.4) is 0 Å². The van der Waals surface area contributed by atoms with Crippen molar-refractivity contribution in [1.29, 1.82) is 0 Å². The fraction of sp³-hybridized carbons (Fsp3) is 0.250. The van der Waals surface area contributed by atoms with E-state index in [0.29, 0.717) is 6.04 Å². The molecule has 0 fully saturated rings. The van der Waals surface area contributed by atoms with E-state index in [9.17, 15) is 0 Å². The molecule has 0 aliphatic heterocycles. The second kappa shape index (κ2) is 2.98. The molecule has 0 amide bonds. The fourth-order valence-electron chi connectivity index (χ4n) is 2.27. The first kappa shape index (κ1) is 7.80. The van der Waals surface area contributed by atoms with Crippen LogP contribution in [0.2, 0.25) is 0 Å². The summed E-state index contributed by atoms with van der Waals surface area (Å²) in [6, 6.07) is 11.1. The Hall–Kier alpha value is -1.57. The van der Waals surface area contributed by atoms with Crippen molar-refractivity contribution in [2.45, 2.75) is 18.9 Å². The maximum Gasteiger partial charge on any atom is 0.0774 e. The zero-order valence-corrected chi connectivity index (χ0v) is 7.93. The predicted octanol–water partition coefficient (Wildman–Crippen LogP) is 2.42. The van der Waals surface area contributed by atoms with Crippen molar-refractivity contribution in [1.82, 2.24) is 9.78 Å². The largest absolute Gasteiger partial charge is 0.265 e. The van der Waals surface area contributed by atoms with Crippen molar-refractivity contribution in [3.63, 3.8) is 0 Å². The lowest BCUT2D eigenvalue weighted by Crippen LogP contribution is -2.07. The summed E-state index contributed by atoms with van der Waals surface area (Å²) in [6.07, 6.45) is 6.26. The summed E-state index contributed by atoms with van der Waals surface area (Å²) in [4.78, 5) is 0. The van der Waals surface area contributed by atoms with E-state index in [1.807, 2.05) is 18.5 Å². The van der Waals surface area contributed by atoms with Gasteiger partial charge in [-0.25, -0.2) is 0 Å². The topological polar surface area (TPSA) is 17.8 Å². The lowest BCUT2D eigenvalue weighted by molar-refractivity contribution is 0.520. The van der Waals surface area contributed by atoms with Gasteiger partial charge in [-0.05, 0) is 30.0 Å². The van der Waals surface area contributed by atoms with Gasteiger partial charge < -0.3 is 0 Å². The number of benzene rings is 1. The second-order valence-electron chi connectivity index (χ2n) is 3.74. The third-order valence-corrected chi connectivity index (χ3v) is 2.95. The molecule has 1 aliphatic rings. The third kappa shape index (κ3) is 1.07. The number of aryl methyl sites for hydroxylation is 1. The Morgan fingerprint density at radius 2 is 2.14 bits per heavy atom. The smallest absolute Gasteiger partial charge is 0.0774 e. The summed E-state index contributed by atoms with van der Waals surface area (Å²) in [5.74, 6) is 0. The van der Waals surface area contributed by atoms with Crippen molar-refractivity contribution in [3.05, 3.63) is 53.9 Å². The van der Waals surface area contributed by atoms with Crippen LogP contribution in [0.5, 0.6) is 0 Å². The van der Waals surface area contributed by atoms with Crippen molar-refractivity contribution in [2.75, 3.05) is 0 Å². The highest BCUT2D eigenvalue weighted by Gasteiger charge is 2.22. The van der Waals surface area contributed by atoms with Gasteiger partial charge in [0, 0.05) is 12.4 Å². The molecule has 0 spiro atoms. The highest BCUT2D eigenvalue weighted by molar-refractivity contribution is 5.34. The minimum Gasteiger partial charge on any atom is -0.265 e. The Balaban J connectivity index is 2.06. The summed E-state index contributed by atoms with van der Waals surface area (Å²) in [5.41, 5.74) is 2.92. The van der Waals surface area contributed by atoms with E-state index in [0.717, 1.165) is 0 Å². The quantitative estimate of drug-likeness (QED) is 0.665. The minimum absolute atomic E-state index is 0.459. The molecule has 3 rings (SSSR count). The Morgan fingerprint density at radius 3 is 3.00 bits per heavy atom. The van der Waals surface area contributed by atoms with Crippen LogP contribution >= 0.6 is 0 Å². The van der Waals surface area contributed by atoms with E-state index >= 15 is 0 Å². The minimum atomic E-state index is 0.459. The molecule has 1 aromatic carbocycles. The number of aromatic nitrogens is 2. The number of hydrogen-bond donors (Lipinski definition) is 0. The molecule has 2 heteroatoms. The van der Waals surface area contributed by atoms with Crippen LogP contribution in [0.15, 0.2) is 42.7 Å². The van der Waals surface area contributed by atoms with E-state index in [2.05, 4.69) is 34.0 Å². The van der Waals surface area contributed by atoms with Gasteiger partial charge in [0.25, 0.3) is 0 Å². The first-order valence-corrected chi connectivity index (χ1v) is 5.02. The van der Waals surface area contributed by atoms with E-state index in [1.165, 1.54) is 24.0 Å². The average Bonchev–Trinajstić information content (AvgIpc) is 2.85. The summed E-state index contributed by atoms with van der Waals surface area (Å²) in [6.45, 7) is 0. The normalized spacial score (nSPS) is 19.6. The summed E-state index contributed by atoms with van der Waals surface area (Å²) >= 11 is 0. The van der Waals surface area contributed by atoms with Gasteiger partial charge in [0.05, 0.1) is 6.04 Å². The molecule has 1 atom stereocenters. The zero-order chi connectivity index (χ0) is 9.38. The van der Waals surface area contributed by atoms with E-state index < -0.39 is 0 Å². The molecule has 0 radical (unpaired) electrons. The molecule has 70 valence electrons. The summed E-state index contributed by atoms with van der Waals surface area (Å²) < 4.78 is 2.06. The van der Waals surface area contributed by atoms with Crippen LogP contribution in [-0.4, -0.2) is 9.78 Å². The lowest BCUT2D eigenvalue weighted by Gasteiger charge is -2.11. The Morgan fingerprint density at radius 1 is 1.21 bits per heavy atom. The molecule has 0 saturated heterocycles. The van der Waals surface area contributed by atoms with Crippen LogP contribution in [0.4, 0.5) is 0 Å². The molecule has 0 saturated carbocycles. The Bertz CT molecular complexity index is 431. The van der Waals surface area contributed by atoms with Crippen molar-refractivity contribution < 1.29 is 0 Å². The molecule has 1 heterocycles. The third-order valence-electron chi connectivity index (χ3n) is 2.95. The Kier molecular flexibility index (Phi) is 1.66. The molecule has 1 aliphatic carbocycles. The van der Waals surface area contributed by atoms with Crippen molar-refractivity contribution >= 4 is 0 Å². The van der Waals surface area contributed by atoms with Crippen LogP contribution in [0.25, 0.3) is 0 Å².